The van der Waals surface area contributed by atoms with E-state index in [1.165, 1.54) is 0 Å². The molecule has 7 heteroatoms. The normalized spacial score (nSPS) is 21.5. The van der Waals surface area contributed by atoms with Gasteiger partial charge in [-0.1, -0.05) is 11.6 Å². The van der Waals surface area contributed by atoms with Crippen molar-refractivity contribution in [2.24, 2.45) is 0 Å². The SMILES string of the molecule is COc1ccc(Cl)cc1NC(=O)N[C@@H]1CN(C(C)C)C[C@H]1OC. The lowest BCUT2D eigenvalue weighted by molar-refractivity contribution is 0.0896. The van der Waals surface area contributed by atoms with E-state index in [-0.39, 0.29) is 18.2 Å². The van der Waals surface area contributed by atoms with Crippen LogP contribution in [0.25, 0.3) is 0 Å². The third kappa shape index (κ3) is 4.50. The molecular formula is C16H24ClN3O3. The quantitative estimate of drug-likeness (QED) is 0.864. The van der Waals surface area contributed by atoms with Crippen molar-refractivity contribution in [3.05, 3.63) is 23.2 Å². The van der Waals surface area contributed by atoms with Crippen molar-refractivity contribution in [2.45, 2.75) is 32.0 Å². The summed E-state index contributed by atoms with van der Waals surface area (Å²) in [5.41, 5.74) is 0.533. The molecule has 0 unspecified atom stereocenters. The van der Waals surface area contributed by atoms with E-state index in [0.29, 0.717) is 22.5 Å². The number of ether oxygens (including phenoxy) is 2. The van der Waals surface area contributed by atoms with Gasteiger partial charge in [0.05, 0.1) is 24.9 Å². The van der Waals surface area contributed by atoms with E-state index in [9.17, 15) is 4.79 Å². The topological polar surface area (TPSA) is 62.8 Å². The standard InChI is InChI=1S/C16H24ClN3O3/c1-10(2)20-8-13(15(9-20)23-4)19-16(21)18-12-7-11(17)5-6-14(12)22-3/h5-7,10,13,15H,8-9H2,1-4H3,(H2,18,19,21)/t13-,15-/m1/s1. The van der Waals surface area contributed by atoms with Crippen molar-refractivity contribution in [1.82, 2.24) is 10.2 Å². The molecule has 0 aromatic heterocycles. The van der Waals surface area contributed by atoms with Crippen LogP contribution in [-0.4, -0.2) is 56.4 Å². The van der Waals surface area contributed by atoms with E-state index >= 15 is 0 Å². The Morgan fingerprint density at radius 3 is 2.70 bits per heavy atom. The Morgan fingerprint density at radius 2 is 2.09 bits per heavy atom. The van der Waals surface area contributed by atoms with Crippen LogP contribution in [0.3, 0.4) is 0 Å². The number of rotatable bonds is 5. The van der Waals surface area contributed by atoms with E-state index in [1.54, 1.807) is 32.4 Å². The van der Waals surface area contributed by atoms with Crippen LogP contribution in [0.15, 0.2) is 18.2 Å². The molecule has 1 aliphatic rings. The predicted molar refractivity (Wildman–Crippen MR) is 91.5 cm³/mol. The maximum atomic E-state index is 12.3. The molecule has 0 bridgehead atoms. The Morgan fingerprint density at radius 1 is 1.35 bits per heavy atom. The Bertz CT molecular complexity index is 553. The molecule has 0 saturated carbocycles. The molecule has 1 heterocycles. The summed E-state index contributed by atoms with van der Waals surface area (Å²) < 4.78 is 10.7. The summed E-state index contributed by atoms with van der Waals surface area (Å²) in [4.78, 5) is 14.6. The van der Waals surface area contributed by atoms with Gasteiger partial charge in [-0.3, -0.25) is 4.90 Å². The maximum Gasteiger partial charge on any atom is 0.319 e. The fourth-order valence-electron chi connectivity index (χ4n) is 2.71. The Balaban J connectivity index is 2.00. The number of halogens is 1. The minimum absolute atomic E-state index is 0.0237. The van der Waals surface area contributed by atoms with Gasteiger partial charge in [-0.05, 0) is 32.0 Å². The number of nitrogens with zero attached hydrogens (tertiary/aromatic N) is 1. The zero-order chi connectivity index (χ0) is 17.0. The summed E-state index contributed by atoms with van der Waals surface area (Å²) in [6.07, 6.45) is -0.0237. The molecule has 1 saturated heterocycles. The molecule has 1 fully saturated rings. The Hall–Kier alpha value is -1.50. The average molecular weight is 342 g/mol. The van der Waals surface area contributed by atoms with Gasteiger partial charge in [0, 0.05) is 31.3 Å². The first-order valence-electron chi connectivity index (χ1n) is 7.62. The van der Waals surface area contributed by atoms with Crippen LogP contribution in [-0.2, 0) is 4.74 Å². The first-order chi connectivity index (χ1) is 10.9. The second-order valence-electron chi connectivity index (χ2n) is 5.87. The number of urea groups is 1. The first kappa shape index (κ1) is 17.8. The summed E-state index contributed by atoms with van der Waals surface area (Å²) in [6.45, 7) is 5.83. The third-order valence-electron chi connectivity index (χ3n) is 4.05. The average Bonchev–Trinajstić information content (AvgIpc) is 2.90. The molecule has 2 N–H and O–H groups in total. The van der Waals surface area contributed by atoms with Gasteiger partial charge in [-0.25, -0.2) is 4.79 Å². The second-order valence-corrected chi connectivity index (χ2v) is 6.31. The molecule has 1 aromatic carbocycles. The summed E-state index contributed by atoms with van der Waals surface area (Å²) in [7, 11) is 3.21. The second kappa shape index (κ2) is 7.86. The monoisotopic (exact) mass is 341 g/mol. The van der Waals surface area contributed by atoms with Gasteiger partial charge in [0.15, 0.2) is 0 Å². The van der Waals surface area contributed by atoms with E-state index in [4.69, 9.17) is 21.1 Å². The van der Waals surface area contributed by atoms with Crippen LogP contribution in [0.4, 0.5) is 10.5 Å². The van der Waals surface area contributed by atoms with Crippen LogP contribution in [0.5, 0.6) is 5.75 Å². The number of carbonyl (C=O) groups is 1. The minimum atomic E-state index is -0.303. The number of hydrogen-bond acceptors (Lipinski definition) is 4. The number of nitrogens with one attached hydrogen (secondary N) is 2. The molecule has 128 valence electrons. The zero-order valence-electron chi connectivity index (χ0n) is 13.9. The zero-order valence-corrected chi connectivity index (χ0v) is 14.7. The van der Waals surface area contributed by atoms with Crippen molar-refractivity contribution < 1.29 is 14.3 Å². The highest BCUT2D eigenvalue weighted by Crippen LogP contribution is 2.27. The molecule has 1 aliphatic heterocycles. The van der Waals surface area contributed by atoms with E-state index in [0.717, 1.165) is 13.1 Å². The number of hydrogen-bond donors (Lipinski definition) is 2. The van der Waals surface area contributed by atoms with Gasteiger partial charge in [0.25, 0.3) is 0 Å². The summed E-state index contributed by atoms with van der Waals surface area (Å²) in [5.74, 6) is 0.558. The lowest BCUT2D eigenvalue weighted by atomic mass is 10.2. The molecular weight excluding hydrogens is 318 g/mol. The van der Waals surface area contributed by atoms with Crippen LogP contribution >= 0.6 is 11.6 Å². The molecule has 0 aliphatic carbocycles. The van der Waals surface area contributed by atoms with Crippen molar-refractivity contribution in [3.8, 4) is 5.75 Å². The summed E-state index contributed by atoms with van der Waals surface area (Å²) in [5, 5.41) is 6.28. The molecule has 0 spiro atoms. The Labute approximate surface area is 142 Å². The number of amides is 2. The molecule has 2 rings (SSSR count). The van der Waals surface area contributed by atoms with E-state index < -0.39 is 0 Å². The van der Waals surface area contributed by atoms with Crippen LogP contribution in [0, 0.1) is 0 Å². The van der Waals surface area contributed by atoms with Gasteiger partial charge < -0.3 is 20.1 Å². The van der Waals surface area contributed by atoms with E-state index in [2.05, 4.69) is 29.4 Å². The molecule has 0 radical (unpaired) electrons. The van der Waals surface area contributed by atoms with Gasteiger partial charge in [0.1, 0.15) is 5.75 Å². The van der Waals surface area contributed by atoms with Gasteiger partial charge >= 0.3 is 6.03 Å². The van der Waals surface area contributed by atoms with E-state index in [1.807, 2.05) is 0 Å². The molecule has 6 nitrogen and oxygen atoms in total. The molecule has 1 aromatic rings. The van der Waals surface area contributed by atoms with Crippen molar-refractivity contribution >= 4 is 23.3 Å². The highest BCUT2D eigenvalue weighted by molar-refractivity contribution is 6.31. The van der Waals surface area contributed by atoms with Crippen molar-refractivity contribution in [3.63, 3.8) is 0 Å². The smallest absolute Gasteiger partial charge is 0.319 e. The highest BCUT2D eigenvalue weighted by Gasteiger charge is 2.35. The van der Waals surface area contributed by atoms with Gasteiger partial charge in [-0.2, -0.15) is 0 Å². The summed E-state index contributed by atoms with van der Waals surface area (Å²) >= 11 is 5.97. The lowest BCUT2D eigenvalue weighted by Crippen LogP contribution is -2.45. The van der Waals surface area contributed by atoms with Crippen LogP contribution < -0.4 is 15.4 Å². The Kier molecular flexibility index (Phi) is 6.10. The first-order valence-corrected chi connectivity index (χ1v) is 8.00. The third-order valence-corrected chi connectivity index (χ3v) is 4.29. The predicted octanol–water partition coefficient (Wildman–Crippen LogP) is 2.58. The number of methoxy groups -OCH3 is 2. The number of anilines is 1. The van der Waals surface area contributed by atoms with Gasteiger partial charge in [0.2, 0.25) is 0 Å². The highest BCUT2D eigenvalue weighted by atomic mass is 35.5. The summed E-state index contributed by atoms with van der Waals surface area (Å²) in [6, 6.07) is 5.13. The fourth-order valence-corrected chi connectivity index (χ4v) is 2.88. The number of carbonyl (C=O) groups excluding carboxylic acids is 1. The fraction of sp³-hybridized carbons (Fsp3) is 0.562. The van der Waals surface area contributed by atoms with Gasteiger partial charge in [-0.15, -0.1) is 0 Å². The lowest BCUT2D eigenvalue weighted by Gasteiger charge is -2.20. The number of benzene rings is 1. The van der Waals surface area contributed by atoms with Crippen LogP contribution in [0.2, 0.25) is 5.02 Å². The largest absolute Gasteiger partial charge is 0.495 e. The van der Waals surface area contributed by atoms with Crippen LogP contribution in [0.1, 0.15) is 13.8 Å². The number of likely N-dealkylation sites (tertiary alicyclic amines) is 1. The van der Waals surface area contributed by atoms with Crippen molar-refractivity contribution in [1.29, 1.82) is 0 Å². The molecule has 2 amide bonds. The molecule has 2 atom stereocenters. The van der Waals surface area contributed by atoms with Crippen molar-refractivity contribution in [2.75, 3.05) is 32.6 Å². The molecule has 23 heavy (non-hydrogen) atoms. The minimum Gasteiger partial charge on any atom is -0.495 e. The maximum absolute atomic E-state index is 12.3.